The van der Waals surface area contributed by atoms with Gasteiger partial charge in [0.15, 0.2) is 0 Å². The fraction of sp³-hybridized carbons (Fsp3) is 0.186. The largest absolute Gasteiger partial charge is 0.310 e. The van der Waals surface area contributed by atoms with Crippen molar-refractivity contribution in [2.75, 3.05) is 4.90 Å². The minimum atomic E-state index is -0.167. The predicted octanol–water partition coefficient (Wildman–Crippen LogP) is 16.2. The van der Waals surface area contributed by atoms with Crippen molar-refractivity contribution < 1.29 is 0 Å². The molecule has 2 aliphatic carbocycles. The summed E-state index contributed by atoms with van der Waals surface area (Å²) in [6.45, 7) is 14.6. The molecule has 0 atom stereocenters. The van der Waals surface area contributed by atoms with Crippen LogP contribution in [-0.4, -0.2) is 4.57 Å². The first kappa shape index (κ1) is 37.4. The lowest BCUT2D eigenvalue weighted by atomic mass is 9.61. The van der Waals surface area contributed by atoms with E-state index in [9.17, 15) is 0 Å². The molecule has 298 valence electrons. The van der Waals surface area contributed by atoms with Crippen LogP contribution < -0.4 is 4.90 Å². The summed E-state index contributed by atoms with van der Waals surface area (Å²) in [5, 5.41) is 2.54. The van der Waals surface area contributed by atoms with Crippen LogP contribution in [0.4, 0.5) is 17.1 Å². The first-order chi connectivity index (χ1) is 29.5. The van der Waals surface area contributed by atoms with Crippen LogP contribution in [0, 0.1) is 0 Å². The van der Waals surface area contributed by atoms with E-state index in [2.05, 4.69) is 233 Å². The van der Waals surface area contributed by atoms with E-state index < -0.39 is 0 Å². The summed E-state index contributed by atoms with van der Waals surface area (Å²) >= 11 is 0. The zero-order valence-electron chi connectivity index (χ0n) is 36.1. The van der Waals surface area contributed by atoms with Gasteiger partial charge >= 0.3 is 0 Å². The van der Waals surface area contributed by atoms with Crippen LogP contribution in [0.1, 0.15) is 76.6 Å². The molecule has 11 rings (SSSR count). The lowest BCUT2D eigenvalue weighted by molar-refractivity contribution is 0.333. The van der Waals surface area contributed by atoms with E-state index in [1.165, 1.54) is 89.5 Å². The summed E-state index contributed by atoms with van der Waals surface area (Å²) in [4.78, 5) is 2.53. The number of anilines is 3. The summed E-state index contributed by atoms with van der Waals surface area (Å²) in [5.74, 6) is 0. The van der Waals surface area contributed by atoms with E-state index in [1.54, 1.807) is 0 Å². The van der Waals surface area contributed by atoms with Crippen molar-refractivity contribution in [2.45, 2.75) is 70.6 Å². The molecule has 0 radical (unpaired) electrons. The van der Waals surface area contributed by atoms with Gasteiger partial charge in [-0.2, -0.15) is 0 Å². The topological polar surface area (TPSA) is 8.17 Å². The molecule has 0 N–H and O–H groups in total. The monoisotopic (exact) mass is 788 g/mol. The minimum Gasteiger partial charge on any atom is -0.310 e. The molecule has 9 aromatic rings. The second-order valence-corrected chi connectivity index (χ2v) is 19.2. The van der Waals surface area contributed by atoms with Gasteiger partial charge in [0.05, 0.1) is 16.7 Å². The van der Waals surface area contributed by atoms with Crippen molar-refractivity contribution in [1.82, 2.24) is 4.57 Å². The van der Waals surface area contributed by atoms with Crippen LogP contribution in [0.3, 0.4) is 0 Å². The normalized spacial score (nSPS) is 15.6. The Balaban J connectivity index is 1.18. The van der Waals surface area contributed by atoms with Gasteiger partial charge in [-0.3, -0.25) is 0 Å². The molecule has 61 heavy (non-hydrogen) atoms. The summed E-state index contributed by atoms with van der Waals surface area (Å²) < 4.78 is 2.41. The van der Waals surface area contributed by atoms with Crippen LogP contribution >= 0.6 is 0 Å². The average molecular weight is 789 g/mol. The number of aromatic nitrogens is 1. The van der Waals surface area contributed by atoms with E-state index in [1.807, 2.05) is 0 Å². The third-order valence-electron chi connectivity index (χ3n) is 14.3. The van der Waals surface area contributed by atoms with E-state index in [0.717, 1.165) is 23.5 Å². The quantitative estimate of drug-likeness (QED) is 0.163. The highest BCUT2D eigenvalue weighted by atomic mass is 15.1. The van der Waals surface area contributed by atoms with Crippen LogP contribution in [0.2, 0.25) is 0 Å². The van der Waals surface area contributed by atoms with E-state index >= 15 is 0 Å². The van der Waals surface area contributed by atoms with E-state index in [-0.39, 0.29) is 16.2 Å². The van der Waals surface area contributed by atoms with Crippen molar-refractivity contribution in [3.05, 3.63) is 204 Å². The maximum atomic E-state index is 2.54. The summed E-state index contributed by atoms with van der Waals surface area (Å²) in [7, 11) is 0. The number of rotatable bonds is 6. The van der Waals surface area contributed by atoms with Gasteiger partial charge in [-0.1, -0.05) is 163 Å². The average Bonchev–Trinajstić information content (AvgIpc) is 3.74. The van der Waals surface area contributed by atoms with Crippen molar-refractivity contribution >= 4 is 38.9 Å². The second kappa shape index (κ2) is 13.7. The van der Waals surface area contributed by atoms with Gasteiger partial charge in [0.2, 0.25) is 0 Å². The molecule has 0 aliphatic heterocycles. The number of para-hydroxylation sites is 2. The number of nitrogens with zero attached hydrogens (tertiary/aromatic N) is 2. The SMILES string of the molecule is CC1(C)CCC(C)(C)c2c(-c3cc4c(cc3N(c3ccc(-c5ccccc5)cc3)c3ccc(-n5c6ccccc6c6ccccc65)cc3)C(C)(C)c3ccccc3-4)cccc21. The number of fused-ring (bicyclic) bond motifs is 7. The van der Waals surface area contributed by atoms with Crippen molar-refractivity contribution in [2.24, 2.45) is 0 Å². The second-order valence-electron chi connectivity index (χ2n) is 19.2. The first-order valence-corrected chi connectivity index (χ1v) is 22.0. The zero-order chi connectivity index (χ0) is 41.7. The maximum absolute atomic E-state index is 2.54. The fourth-order valence-electron chi connectivity index (χ4n) is 10.9. The molecule has 0 bridgehead atoms. The molecule has 2 heteroatoms. The highest BCUT2D eigenvalue weighted by Gasteiger charge is 2.41. The van der Waals surface area contributed by atoms with Gasteiger partial charge in [-0.15, -0.1) is 0 Å². The summed E-state index contributed by atoms with van der Waals surface area (Å²) in [6.07, 6.45) is 2.32. The molecule has 1 aromatic heterocycles. The van der Waals surface area contributed by atoms with E-state index in [0.29, 0.717) is 0 Å². The third-order valence-corrected chi connectivity index (χ3v) is 14.3. The van der Waals surface area contributed by atoms with Gasteiger partial charge in [0, 0.05) is 38.8 Å². The van der Waals surface area contributed by atoms with Gasteiger partial charge in [0.1, 0.15) is 0 Å². The molecule has 0 fully saturated rings. The molecule has 2 aliphatic rings. The Morgan fingerprint density at radius 3 is 1.64 bits per heavy atom. The van der Waals surface area contributed by atoms with Gasteiger partial charge in [-0.25, -0.2) is 0 Å². The molecule has 0 saturated carbocycles. The van der Waals surface area contributed by atoms with Crippen LogP contribution in [0.25, 0.3) is 60.9 Å². The molecule has 0 spiro atoms. The maximum Gasteiger partial charge on any atom is 0.0543 e. The van der Waals surface area contributed by atoms with Crippen molar-refractivity contribution in [1.29, 1.82) is 0 Å². The van der Waals surface area contributed by atoms with Crippen molar-refractivity contribution in [3.63, 3.8) is 0 Å². The Morgan fingerprint density at radius 1 is 0.410 bits per heavy atom. The van der Waals surface area contributed by atoms with E-state index in [4.69, 9.17) is 0 Å². The molecule has 0 unspecified atom stereocenters. The van der Waals surface area contributed by atoms with Gasteiger partial charge < -0.3 is 9.47 Å². The van der Waals surface area contributed by atoms with Crippen LogP contribution in [-0.2, 0) is 16.2 Å². The number of hydrogen-bond donors (Lipinski definition) is 0. The third kappa shape index (κ3) is 5.83. The molecular formula is C59H52N2. The smallest absolute Gasteiger partial charge is 0.0543 e. The van der Waals surface area contributed by atoms with Gasteiger partial charge in [-0.05, 0) is 134 Å². The Bertz CT molecular complexity index is 3090. The standard InChI is InChI=1S/C59H52N2/c1-57(2)35-36-58(3,4)56-47(22-16-24-51(56)57)49-37-48-44-19-10-13-23-50(44)59(5,6)52(48)38-55(49)60(41-29-27-40(28-30-41)39-17-8-7-9-18-39)42-31-33-43(34-32-42)61-53-25-14-11-20-45(53)46-21-12-15-26-54(46)61/h7-34,37-38H,35-36H2,1-6H3. The van der Waals surface area contributed by atoms with Crippen molar-refractivity contribution in [3.8, 4) is 39.1 Å². The Morgan fingerprint density at radius 2 is 0.951 bits per heavy atom. The molecule has 1 heterocycles. The Kier molecular flexibility index (Phi) is 8.39. The lowest BCUT2D eigenvalue weighted by Gasteiger charge is -2.43. The summed E-state index contributed by atoms with van der Waals surface area (Å²) in [6, 6.07) is 68.0. The molecule has 0 saturated heterocycles. The highest BCUT2D eigenvalue weighted by molar-refractivity contribution is 6.09. The molecule has 0 amide bonds. The Hall–Kier alpha value is -6.64. The Labute approximate surface area is 360 Å². The minimum absolute atomic E-state index is 0.0149. The fourth-order valence-corrected chi connectivity index (χ4v) is 10.9. The molecule has 8 aromatic carbocycles. The molecule has 2 nitrogen and oxygen atoms in total. The first-order valence-electron chi connectivity index (χ1n) is 22.0. The van der Waals surface area contributed by atoms with Crippen LogP contribution in [0.5, 0.6) is 0 Å². The zero-order valence-corrected chi connectivity index (χ0v) is 36.1. The van der Waals surface area contributed by atoms with Crippen LogP contribution in [0.15, 0.2) is 182 Å². The highest BCUT2D eigenvalue weighted by Crippen LogP contribution is 2.56. The molecular weight excluding hydrogens is 737 g/mol. The number of benzene rings is 8. The summed E-state index contributed by atoms with van der Waals surface area (Å²) in [5.41, 5.74) is 20.4. The lowest BCUT2D eigenvalue weighted by Crippen LogP contribution is -2.34. The number of hydrogen-bond acceptors (Lipinski definition) is 1. The predicted molar refractivity (Wildman–Crippen MR) is 259 cm³/mol. The van der Waals surface area contributed by atoms with Gasteiger partial charge in [0.25, 0.3) is 0 Å².